The summed E-state index contributed by atoms with van der Waals surface area (Å²) in [7, 11) is 1.44. The highest BCUT2D eigenvalue weighted by molar-refractivity contribution is 4.93. The maximum absolute atomic E-state index is 11.7. The van der Waals surface area contributed by atoms with E-state index >= 15 is 0 Å². The van der Waals surface area contributed by atoms with Crippen LogP contribution in [0.5, 0.6) is 0 Å². The molecule has 1 saturated heterocycles. The van der Waals surface area contributed by atoms with Gasteiger partial charge in [-0.2, -0.15) is 0 Å². The summed E-state index contributed by atoms with van der Waals surface area (Å²) in [5.41, 5.74) is -1.06. The van der Waals surface area contributed by atoms with Gasteiger partial charge in [-0.25, -0.2) is 4.79 Å². The van der Waals surface area contributed by atoms with Crippen LogP contribution in [0.15, 0.2) is 21.9 Å². The number of hydrogen-bond donors (Lipinski definition) is 2. The third-order valence-corrected chi connectivity index (χ3v) is 3.11. The summed E-state index contributed by atoms with van der Waals surface area (Å²) in [6.07, 6.45) is -0.626. The first-order valence-corrected chi connectivity index (χ1v) is 5.76. The molecule has 4 atom stereocenters. The first-order chi connectivity index (χ1) is 8.58. The molecule has 2 N–H and O–H groups in total. The van der Waals surface area contributed by atoms with Crippen molar-refractivity contribution in [2.75, 3.05) is 7.11 Å². The van der Waals surface area contributed by atoms with Gasteiger partial charge in [0.2, 0.25) is 0 Å². The molecule has 0 saturated carbocycles. The zero-order chi connectivity index (χ0) is 13.3. The predicted molar refractivity (Wildman–Crippen MR) is 62.3 cm³/mol. The zero-order valence-electron chi connectivity index (χ0n) is 10.2. The molecule has 7 heteroatoms. The molecule has 1 aliphatic rings. The molecule has 18 heavy (non-hydrogen) atoms. The van der Waals surface area contributed by atoms with Gasteiger partial charge in [0.15, 0.2) is 6.23 Å². The summed E-state index contributed by atoms with van der Waals surface area (Å²) in [6, 6.07) is 1.23. The molecule has 0 bridgehead atoms. The van der Waals surface area contributed by atoms with E-state index in [-0.39, 0.29) is 0 Å². The molecule has 100 valence electrons. The number of nitrogens with zero attached hydrogens (tertiary/aromatic N) is 1. The van der Waals surface area contributed by atoms with E-state index < -0.39 is 35.8 Å². The second-order valence-corrected chi connectivity index (χ2v) is 4.18. The normalized spacial score (nSPS) is 31.7. The van der Waals surface area contributed by atoms with Crippen molar-refractivity contribution in [1.82, 2.24) is 9.55 Å². The van der Waals surface area contributed by atoms with Gasteiger partial charge in [0, 0.05) is 19.4 Å². The Morgan fingerprint density at radius 2 is 2.28 bits per heavy atom. The van der Waals surface area contributed by atoms with Crippen LogP contribution in [-0.2, 0) is 9.47 Å². The molecular formula is C11H16N2O5. The number of nitrogens with one attached hydrogen (secondary N) is 1. The van der Waals surface area contributed by atoms with Crippen molar-refractivity contribution < 1.29 is 14.6 Å². The molecule has 0 spiro atoms. The predicted octanol–water partition coefficient (Wildman–Crippen LogP) is -0.780. The van der Waals surface area contributed by atoms with Crippen LogP contribution in [-0.4, -0.2) is 40.1 Å². The van der Waals surface area contributed by atoms with Crippen LogP contribution in [0.1, 0.15) is 19.6 Å². The van der Waals surface area contributed by atoms with E-state index in [2.05, 4.69) is 4.98 Å². The SMILES string of the molecule is CCC1OC(n2ccc(=O)[nH]c2=O)C(OC)C1O. The topological polar surface area (TPSA) is 93.6 Å². The summed E-state index contributed by atoms with van der Waals surface area (Å²) in [5.74, 6) is 0. The lowest BCUT2D eigenvalue weighted by atomic mass is 10.1. The van der Waals surface area contributed by atoms with Gasteiger partial charge < -0.3 is 14.6 Å². The standard InChI is InChI=1S/C11H16N2O5/c1-3-6-8(15)9(17-2)10(18-6)13-5-4-7(14)12-11(13)16/h4-6,8-10,15H,3H2,1-2H3,(H,12,14,16). The number of aromatic amines is 1. The first kappa shape index (κ1) is 13.0. The van der Waals surface area contributed by atoms with E-state index in [0.717, 1.165) is 0 Å². The summed E-state index contributed by atoms with van der Waals surface area (Å²) >= 11 is 0. The van der Waals surface area contributed by atoms with Gasteiger partial charge in [-0.1, -0.05) is 6.92 Å². The van der Waals surface area contributed by atoms with Crippen molar-refractivity contribution in [2.24, 2.45) is 0 Å². The van der Waals surface area contributed by atoms with Crippen LogP contribution < -0.4 is 11.2 Å². The lowest BCUT2D eigenvalue weighted by Crippen LogP contribution is -2.38. The van der Waals surface area contributed by atoms with Crippen molar-refractivity contribution in [3.63, 3.8) is 0 Å². The van der Waals surface area contributed by atoms with Crippen LogP contribution in [0.4, 0.5) is 0 Å². The molecule has 1 aliphatic heterocycles. The Morgan fingerprint density at radius 1 is 1.56 bits per heavy atom. The Hall–Kier alpha value is -1.44. The Kier molecular flexibility index (Phi) is 3.65. The highest BCUT2D eigenvalue weighted by Gasteiger charge is 2.44. The van der Waals surface area contributed by atoms with Gasteiger partial charge in [-0.3, -0.25) is 14.3 Å². The number of rotatable bonds is 3. The van der Waals surface area contributed by atoms with Gasteiger partial charge in [-0.05, 0) is 6.42 Å². The van der Waals surface area contributed by atoms with Gasteiger partial charge in [0.05, 0.1) is 6.10 Å². The monoisotopic (exact) mass is 256 g/mol. The van der Waals surface area contributed by atoms with Crippen LogP contribution >= 0.6 is 0 Å². The fraction of sp³-hybridized carbons (Fsp3) is 0.636. The highest BCUT2D eigenvalue weighted by Crippen LogP contribution is 2.31. The van der Waals surface area contributed by atoms with Gasteiger partial charge in [-0.15, -0.1) is 0 Å². The summed E-state index contributed by atoms with van der Waals surface area (Å²) in [6.45, 7) is 1.87. The number of aliphatic hydroxyl groups excluding tert-OH is 1. The second-order valence-electron chi connectivity index (χ2n) is 4.18. The molecule has 0 aromatic carbocycles. The molecule has 0 radical (unpaired) electrons. The van der Waals surface area contributed by atoms with E-state index in [1.807, 2.05) is 6.92 Å². The number of H-pyrrole nitrogens is 1. The number of hydrogen-bond acceptors (Lipinski definition) is 5. The van der Waals surface area contributed by atoms with Crippen LogP contribution in [0, 0.1) is 0 Å². The van der Waals surface area contributed by atoms with Crippen LogP contribution in [0.3, 0.4) is 0 Å². The van der Waals surface area contributed by atoms with Gasteiger partial charge in [0.1, 0.15) is 12.2 Å². The highest BCUT2D eigenvalue weighted by atomic mass is 16.6. The molecule has 2 rings (SSSR count). The average Bonchev–Trinajstić information content (AvgIpc) is 2.65. The van der Waals surface area contributed by atoms with Crippen molar-refractivity contribution in [2.45, 2.75) is 37.9 Å². The molecule has 1 aromatic heterocycles. The average molecular weight is 256 g/mol. The smallest absolute Gasteiger partial charge is 0.330 e. The third-order valence-electron chi connectivity index (χ3n) is 3.11. The number of ether oxygens (including phenoxy) is 2. The number of methoxy groups -OCH3 is 1. The van der Waals surface area contributed by atoms with E-state index in [9.17, 15) is 14.7 Å². The molecule has 1 aromatic rings. The van der Waals surface area contributed by atoms with Crippen molar-refractivity contribution in [3.8, 4) is 0 Å². The Morgan fingerprint density at radius 3 is 2.83 bits per heavy atom. The minimum absolute atomic E-state index is 0.390. The lowest BCUT2D eigenvalue weighted by molar-refractivity contribution is -0.0542. The molecule has 0 amide bonds. The van der Waals surface area contributed by atoms with Crippen molar-refractivity contribution in [3.05, 3.63) is 33.1 Å². The molecule has 1 fully saturated rings. The van der Waals surface area contributed by atoms with E-state index in [4.69, 9.17) is 9.47 Å². The second kappa shape index (κ2) is 5.05. The maximum atomic E-state index is 11.7. The Bertz CT molecular complexity index is 523. The summed E-state index contributed by atoms with van der Waals surface area (Å²) < 4.78 is 12.0. The number of aliphatic hydroxyl groups is 1. The number of aromatic nitrogens is 2. The minimum atomic E-state index is -0.802. The zero-order valence-corrected chi connectivity index (χ0v) is 10.2. The van der Waals surface area contributed by atoms with Gasteiger partial charge >= 0.3 is 5.69 Å². The summed E-state index contributed by atoms with van der Waals surface area (Å²) in [5, 5.41) is 9.99. The maximum Gasteiger partial charge on any atom is 0.330 e. The molecular weight excluding hydrogens is 240 g/mol. The third kappa shape index (κ3) is 2.12. The molecule has 2 heterocycles. The quantitative estimate of drug-likeness (QED) is 0.740. The molecule has 4 unspecified atom stereocenters. The minimum Gasteiger partial charge on any atom is -0.388 e. The fourth-order valence-electron chi connectivity index (χ4n) is 2.16. The van der Waals surface area contributed by atoms with Crippen molar-refractivity contribution in [1.29, 1.82) is 0 Å². The Labute approximate surface area is 103 Å². The van der Waals surface area contributed by atoms with Crippen LogP contribution in [0.2, 0.25) is 0 Å². The van der Waals surface area contributed by atoms with Crippen molar-refractivity contribution >= 4 is 0 Å². The summed E-state index contributed by atoms with van der Waals surface area (Å²) in [4.78, 5) is 24.8. The lowest BCUT2D eigenvalue weighted by Gasteiger charge is -2.20. The van der Waals surface area contributed by atoms with E-state index in [1.165, 1.54) is 23.9 Å². The first-order valence-electron chi connectivity index (χ1n) is 5.76. The van der Waals surface area contributed by atoms with Gasteiger partial charge in [0.25, 0.3) is 5.56 Å². The van der Waals surface area contributed by atoms with E-state index in [0.29, 0.717) is 6.42 Å². The molecule has 0 aliphatic carbocycles. The van der Waals surface area contributed by atoms with Crippen LogP contribution in [0.25, 0.3) is 0 Å². The Balaban J connectivity index is 2.38. The fourth-order valence-corrected chi connectivity index (χ4v) is 2.16. The largest absolute Gasteiger partial charge is 0.388 e. The molecule has 7 nitrogen and oxygen atoms in total. The van der Waals surface area contributed by atoms with E-state index in [1.54, 1.807) is 0 Å².